The van der Waals surface area contributed by atoms with Crippen LogP contribution in [-0.2, 0) is 12.8 Å². The molecule has 1 atom stereocenters. The van der Waals surface area contributed by atoms with E-state index in [2.05, 4.69) is 15.3 Å². The summed E-state index contributed by atoms with van der Waals surface area (Å²) < 4.78 is 0. The van der Waals surface area contributed by atoms with E-state index < -0.39 is 0 Å². The quantitative estimate of drug-likeness (QED) is 0.909. The van der Waals surface area contributed by atoms with Gasteiger partial charge < -0.3 is 5.11 Å². The number of aromatic nitrogens is 2. The van der Waals surface area contributed by atoms with E-state index >= 15 is 0 Å². The van der Waals surface area contributed by atoms with Crippen molar-refractivity contribution >= 4 is 22.7 Å². The van der Waals surface area contributed by atoms with E-state index in [1.54, 1.807) is 22.7 Å². The minimum atomic E-state index is -0.290. The van der Waals surface area contributed by atoms with Crippen molar-refractivity contribution in [2.24, 2.45) is 0 Å². The summed E-state index contributed by atoms with van der Waals surface area (Å²) in [7, 11) is 0. The van der Waals surface area contributed by atoms with Crippen LogP contribution in [0.25, 0.3) is 0 Å². The van der Waals surface area contributed by atoms with Gasteiger partial charge in [0.1, 0.15) is 0 Å². The molecule has 0 bridgehead atoms. The van der Waals surface area contributed by atoms with Crippen LogP contribution in [0, 0.1) is 6.92 Å². The molecule has 0 amide bonds. The number of thiazole rings is 2. The third kappa shape index (κ3) is 2.27. The number of aliphatic hydroxyl groups is 1. The van der Waals surface area contributed by atoms with Gasteiger partial charge in [0.15, 0.2) is 0 Å². The van der Waals surface area contributed by atoms with Gasteiger partial charge in [0, 0.05) is 11.8 Å². The fourth-order valence-corrected chi connectivity index (χ4v) is 3.93. The third-order valence-electron chi connectivity index (χ3n) is 2.96. The fraction of sp³-hybridized carbons (Fsp3) is 0.500. The summed E-state index contributed by atoms with van der Waals surface area (Å²) in [5.74, 6) is 0. The first kappa shape index (κ1) is 11.3. The number of aryl methyl sites for hydroxylation is 2. The van der Waals surface area contributed by atoms with Crippen molar-refractivity contribution in [2.45, 2.75) is 38.7 Å². The maximum absolute atomic E-state index is 9.90. The van der Waals surface area contributed by atoms with Crippen molar-refractivity contribution in [3.05, 3.63) is 31.7 Å². The summed E-state index contributed by atoms with van der Waals surface area (Å²) in [5.41, 5.74) is 2.20. The van der Waals surface area contributed by atoms with Crippen molar-refractivity contribution < 1.29 is 5.11 Å². The molecule has 0 aromatic carbocycles. The average molecular weight is 266 g/mol. The predicted octanol–water partition coefficient (Wildman–Crippen LogP) is 2.87. The van der Waals surface area contributed by atoms with Crippen LogP contribution in [0.5, 0.6) is 0 Å². The maximum atomic E-state index is 9.90. The Bertz CT molecular complexity index is 532. The molecule has 0 aliphatic heterocycles. The standard InChI is InChI=1S/C12H14N2OS2/c1-7-13-8(6-16-7)5-11-14-9-3-2-4-10(15)12(9)17-11/h6,10,15H,2-5H2,1H3. The highest BCUT2D eigenvalue weighted by Crippen LogP contribution is 2.34. The van der Waals surface area contributed by atoms with Gasteiger partial charge in [-0.3, -0.25) is 0 Å². The van der Waals surface area contributed by atoms with Crippen molar-refractivity contribution in [1.82, 2.24) is 9.97 Å². The van der Waals surface area contributed by atoms with E-state index in [9.17, 15) is 5.11 Å². The summed E-state index contributed by atoms with van der Waals surface area (Å²) in [6.45, 7) is 2.02. The number of hydrogen-bond donors (Lipinski definition) is 1. The minimum Gasteiger partial charge on any atom is -0.388 e. The number of fused-ring (bicyclic) bond motifs is 1. The molecule has 2 aromatic rings. The van der Waals surface area contributed by atoms with Crippen LogP contribution in [0.1, 0.15) is 45.2 Å². The molecule has 2 aromatic heterocycles. The molecule has 0 saturated carbocycles. The predicted molar refractivity (Wildman–Crippen MR) is 69.7 cm³/mol. The van der Waals surface area contributed by atoms with E-state index in [0.29, 0.717) is 0 Å². The molecule has 0 saturated heterocycles. The van der Waals surface area contributed by atoms with E-state index in [1.165, 1.54) is 0 Å². The fourth-order valence-electron chi connectivity index (χ4n) is 2.17. The van der Waals surface area contributed by atoms with Crippen LogP contribution in [0.3, 0.4) is 0 Å². The highest BCUT2D eigenvalue weighted by atomic mass is 32.1. The Hall–Kier alpha value is -0.780. The number of rotatable bonds is 2. The van der Waals surface area contributed by atoms with Gasteiger partial charge in [0.2, 0.25) is 0 Å². The zero-order valence-electron chi connectivity index (χ0n) is 9.64. The van der Waals surface area contributed by atoms with Crippen molar-refractivity contribution in [3.8, 4) is 0 Å². The molecule has 1 unspecified atom stereocenters. The van der Waals surface area contributed by atoms with E-state index in [1.807, 2.05) is 6.92 Å². The van der Waals surface area contributed by atoms with Crippen LogP contribution in [-0.4, -0.2) is 15.1 Å². The minimum absolute atomic E-state index is 0.290. The van der Waals surface area contributed by atoms with Crippen LogP contribution >= 0.6 is 22.7 Å². The summed E-state index contributed by atoms with van der Waals surface area (Å²) in [6, 6.07) is 0. The van der Waals surface area contributed by atoms with E-state index in [0.717, 1.165) is 52.0 Å². The topological polar surface area (TPSA) is 46.0 Å². The molecule has 0 fully saturated rings. The SMILES string of the molecule is Cc1nc(Cc2nc3c(s2)C(O)CCC3)cs1. The van der Waals surface area contributed by atoms with Crippen molar-refractivity contribution in [2.75, 3.05) is 0 Å². The first-order valence-electron chi connectivity index (χ1n) is 5.80. The number of nitrogens with zero attached hydrogens (tertiary/aromatic N) is 2. The third-order valence-corrected chi connectivity index (χ3v) is 4.99. The second-order valence-corrected chi connectivity index (χ2v) is 6.54. The summed E-state index contributed by atoms with van der Waals surface area (Å²) >= 11 is 3.33. The molecular weight excluding hydrogens is 252 g/mol. The lowest BCUT2D eigenvalue weighted by atomic mass is 10.0. The molecule has 1 N–H and O–H groups in total. The molecular formula is C12H14N2OS2. The van der Waals surface area contributed by atoms with Crippen molar-refractivity contribution in [1.29, 1.82) is 0 Å². The Morgan fingerprint density at radius 1 is 1.47 bits per heavy atom. The lowest BCUT2D eigenvalue weighted by Gasteiger charge is -2.14. The molecule has 17 heavy (non-hydrogen) atoms. The van der Waals surface area contributed by atoms with Gasteiger partial charge in [-0.05, 0) is 26.2 Å². The van der Waals surface area contributed by atoms with Gasteiger partial charge in [-0.2, -0.15) is 0 Å². The molecule has 2 heterocycles. The van der Waals surface area contributed by atoms with E-state index in [4.69, 9.17) is 0 Å². The number of aliphatic hydroxyl groups excluding tert-OH is 1. The molecule has 1 aliphatic carbocycles. The molecule has 3 rings (SSSR count). The van der Waals surface area contributed by atoms with Gasteiger partial charge >= 0.3 is 0 Å². The second kappa shape index (κ2) is 4.48. The Morgan fingerprint density at radius 2 is 2.35 bits per heavy atom. The van der Waals surface area contributed by atoms with Gasteiger partial charge in [-0.1, -0.05) is 0 Å². The summed E-state index contributed by atoms with van der Waals surface area (Å²) in [4.78, 5) is 10.2. The zero-order chi connectivity index (χ0) is 11.8. The molecule has 1 aliphatic rings. The first-order chi connectivity index (χ1) is 8.22. The smallest absolute Gasteiger partial charge is 0.0992 e. The highest BCUT2D eigenvalue weighted by Gasteiger charge is 2.22. The van der Waals surface area contributed by atoms with Gasteiger partial charge in [-0.25, -0.2) is 9.97 Å². The Labute approximate surface area is 108 Å². The zero-order valence-corrected chi connectivity index (χ0v) is 11.3. The van der Waals surface area contributed by atoms with Crippen LogP contribution in [0.4, 0.5) is 0 Å². The van der Waals surface area contributed by atoms with Crippen LogP contribution < -0.4 is 0 Å². The molecule has 0 spiro atoms. The second-order valence-electron chi connectivity index (χ2n) is 4.36. The monoisotopic (exact) mass is 266 g/mol. The Balaban J connectivity index is 1.85. The maximum Gasteiger partial charge on any atom is 0.0992 e. The average Bonchev–Trinajstić information content (AvgIpc) is 2.86. The van der Waals surface area contributed by atoms with Crippen LogP contribution in [0.2, 0.25) is 0 Å². The highest BCUT2D eigenvalue weighted by molar-refractivity contribution is 7.12. The van der Waals surface area contributed by atoms with Crippen LogP contribution in [0.15, 0.2) is 5.38 Å². The normalized spacial score (nSPS) is 19.3. The Morgan fingerprint density at radius 3 is 3.06 bits per heavy atom. The first-order valence-corrected chi connectivity index (χ1v) is 7.49. The lowest BCUT2D eigenvalue weighted by Crippen LogP contribution is -2.06. The van der Waals surface area contributed by atoms with Crippen molar-refractivity contribution in [3.63, 3.8) is 0 Å². The molecule has 0 radical (unpaired) electrons. The number of hydrogen-bond acceptors (Lipinski definition) is 5. The summed E-state index contributed by atoms with van der Waals surface area (Å²) in [5, 5.41) is 14.2. The Kier molecular flexibility index (Phi) is 2.98. The largest absolute Gasteiger partial charge is 0.388 e. The molecule has 5 heteroatoms. The molecule has 3 nitrogen and oxygen atoms in total. The van der Waals surface area contributed by atoms with Gasteiger partial charge in [-0.15, -0.1) is 22.7 Å². The van der Waals surface area contributed by atoms with E-state index in [-0.39, 0.29) is 6.10 Å². The molecule has 90 valence electrons. The summed E-state index contributed by atoms with van der Waals surface area (Å²) in [6.07, 6.45) is 3.45. The van der Waals surface area contributed by atoms with Gasteiger partial charge in [0.05, 0.1) is 32.4 Å². The van der Waals surface area contributed by atoms with Gasteiger partial charge in [0.25, 0.3) is 0 Å². The lowest BCUT2D eigenvalue weighted by molar-refractivity contribution is 0.160.